The Hall–Kier alpha value is -3.09. The van der Waals surface area contributed by atoms with Crippen LogP contribution >= 0.6 is 0 Å². The van der Waals surface area contributed by atoms with E-state index in [0.717, 1.165) is 77.0 Å². The zero-order valence-corrected chi connectivity index (χ0v) is 56.6. The van der Waals surface area contributed by atoms with Crippen LogP contribution in [-0.4, -0.2) is 140 Å². The SMILES string of the molecule is CC/C=C\C/C=C\C/C=C\C/C=C\C/C=C\CCCCCCCCCCCCCCCCCCCCCCCCCC(=O)NC(COC1OC(CO)C(OC2OC(CO)C(O)C(O)C2O)C(O)C1O)C(O)/C=C/CC/C=C/CC/C=C/CCCCCCCCC. The second kappa shape index (κ2) is 59.6. The van der Waals surface area contributed by atoms with Gasteiger partial charge in [-0.15, -0.1) is 0 Å². The minimum Gasteiger partial charge on any atom is -0.394 e. The maximum atomic E-state index is 13.3. The standard InChI is InChI=1S/C76H133NO13/c1-3-5-7-9-11-13-15-17-19-21-22-23-24-25-26-27-28-29-30-31-32-33-34-35-36-37-38-39-40-41-42-44-46-48-50-52-54-56-58-60-68(81)77-64(65(80)59-57-55-53-51-49-47-45-43-20-18-16-14-12-10-8-6-4-2)63-87-75-73(86)71(84)74(67(62-79)89-75)90-76-72(85)70(83)69(82)66(61-78)88-76/h5,7,11,13,17,19-20,22-23,25-26,43,49,51,57,59,64-67,69-76,78-80,82-86H,3-4,6,8-10,12,14-16,18,21,24,27-42,44-48,50,52-56,58,60-63H2,1-2H3,(H,77,81)/b7-5-,13-11-,19-17-,23-22-,26-25-,43-20+,51-49+,59-57+. The molecule has 1 amide bonds. The third kappa shape index (κ3) is 43.0. The van der Waals surface area contributed by atoms with Crippen LogP contribution in [0, 0.1) is 0 Å². The van der Waals surface area contributed by atoms with Gasteiger partial charge >= 0.3 is 0 Å². The molecule has 0 aromatic carbocycles. The van der Waals surface area contributed by atoms with Crippen LogP contribution in [0.3, 0.4) is 0 Å². The highest BCUT2D eigenvalue weighted by atomic mass is 16.7. The van der Waals surface area contributed by atoms with E-state index in [0.29, 0.717) is 12.8 Å². The lowest BCUT2D eigenvalue weighted by Crippen LogP contribution is -2.65. The third-order valence-corrected chi connectivity index (χ3v) is 17.2. The summed E-state index contributed by atoms with van der Waals surface area (Å²) in [5, 5.41) is 87.3. The summed E-state index contributed by atoms with van der Waals surface area (Å²) >= 11 is 0. The highest BCUT2D eigenvalue weighted by Gasteiger charge is 2.51. The molecule has 90 heavy (non-hydrogen) atoms. The Morgan fingerprint density at radius 2 is 0.778 bits per heavy atom. The van der Waals surface area contributed by atoms with Gasteiger partial charge in [-0.3, -0.25) is 4.79 Å². The van der Waals surface area contributed by atoms with Crippen LogP contribution in [0.5, 0.6) is 0 Å². The predicted molar refractivity (Wildman–Crippen MR) is 369 cm³/mol. The number of carbonyl (C=O) groups excluding carboxylic acids is 1. The fraction of sp³-hybridized carbons (Fsp3) is 0.776. The van der Waals surface area contributed by atoms with Crippen molar-refractivity contribution in [2.24, 2.45) is 0 Å². The first-order valence-corrected chi connectivity index (χ1v) is 36.5. The first kappa shape index (κ1) is 83.0. The molecule has 2 rings (SSSR count). The van der Waals surface area contributed by atoms with Gasteiger partial charge in [0.05, 0.1) is 32.0 Å². The van der Waals surface area contributed by atoms with E-state index in [4.69, 9.17) is 18.9 Å². The number of carbonyl (C=O) groups is 1. The van der Waals surface area contributed by atoms with E-state index in [-0.39, 0.29) is 18.9 Å². The van der Waals surface area contributed by atoms with Gasteiger partial charge in [0.1, 0.15) is 48.8 Å². The van der Waals surface area contributed by atoms with Crippen LogP contribution in [0.15, 0.2) is 97.2 Å². The molecule has 0 saturated carbocycles. The van der Waals surface area contributed by atoms with E-state index in [1.807, 2.05) is 6.08 Å². The third-order valence-electron chi connectivity index (χ3n) is 17.2. The Bertz CT molecular complexity index is 1880. The number of hydrogen-bond donors (Lipinski definition) is 9. The Morgan fingerprint density at radius 1 is 0.411 bits per heavy atom. The number of allylic oxidation sites excluding steroid dienone is 15. The molecule has 12 unspecified atom stereocenters. The molecule has 2 saturated heterocycles. The van der Waals surface area contributed by atoms with Gasteiger partial charge in [0, 0.05) is 6.42 Å². The summed E-state index contributed by atoms with van der Waals surface area (Å²) in [7, 11) is 0. The lowest BCUT2D eigenvalue weighted by atomic mass is 9.97. The van der Waals surface area contributed by atoms with Crippen LogP contribution in [-0.2, 0) is 23.7 Å². The summed E-state index contributed by atoms with van der Waals surface area (Å²) in [6, 6.07) is -0.941. The number of unbranched alkanes of at least 4 members (excludes halogenated alkanes) is 32. The average molecular weight is 1270 g/mol. The van der Waals surface area contributed by atoms with E-state index < -0.39 is 86.8 Å². The van der Waals surface area contributed by atoms with Crippen molar-refractivity contribution in [1.82, 2.24) is 5.32 Å². The molecular formula is C76H133NO13. The molecule has 14 heteroatoms. The Labute approximate surface area is 547 Å². The Kier molecular flexibility index (Phi) is 55.0. The number of rotatable bonds is 59. The van der Waals surface area contributed by atoms with Crippen molar-refractivity contribution in [3.05, 3.63) is 97.2 Å². The van der Waals surface area contributed by atoms with E-state index in [2.05, 4.69) is 104 Å². The fourth-order valence-electron chi connectivity index (χ4n) is 11.5. The number of aliphatic hydroxyl groups is 8. The summed E-state index contributed by atoms with van der Waals surface area (Å²) in [5.41, 5.74) is 0. The number of aliphatic hydroxyl groups excluding tert-OH is 8. The molecule has 0 aromatic heterocycles. The molecule has 0 aliphatic carbocycles. The van der Waals surface area contributed by atoms with Crippen molar-refractivity contribution >= 4 is 5.91 Å². The summed E-state index contributed by atoms with van der Waals surface area (Å²) in [6.45, 7) is 2.67. The molecule has 9 N–H and O–H groups in total. The second-order valence-corrected chi connectivity index (χ2v) is 25.3. The molecule has 0 bridgehead atoms. The van der Waals surface area contributed by atoms with Crippen molar-refractivity contribution in [2.45, 2.75) is 357 Å². The maximum Gasteiger partial charge on any atom is 0.220 e. The lowest BCUT2D eigenvalue weighted by molar-refractivity contribution is -0.359. The van der Waals surface area contributed by atoms with Gasteiger partial charge in [0.25, 0.3) is 0 Å². The normalized spacial score (nSPS) is 23.5. The summed E-state index contributed by atoms with van der Waals surface area (Å²) in [6.07, 6.45) is 67.7. The van der Waals surface area contributed by atoms with E-state index in [9.17, 15) is 45.6 Å². The van der Waals surface area contributed by atoms with E-state index in [1.165, 1.54) is 173 Å². The predicted octanol–water partition coefficient (Wildman–Crippen LogP) is 15.3. The molecule has 2 aliphatic heterocycles. The number of nitrogens with one attached hydrogen (secondary N) is 1. The van der Waals surface area contributed by atoms with Gasteiger partial charge in [-0.1, -0.05) is 284 Å². The highest BCUT2D eigenvalue weighted by Crippen LogP contribution is 2.30. The number of amides is 1. The van der Waals surface area contributed by atoms with Gasteiger partial charge in [0.2, 0.25) is 5.91 Å². The van der Waals surface area contributed by atoms with Gasteiger partial charge in [-0.05, 0) is 89.9 Å². The molecule has 2 aliphatic rings. The minimum atomic E-state index is -1.80. The Balaban J connectivity index is 1.59. The van der Waals surface area contributed by atoms with Crippen LogP contribution in [0.2, 0.25) is 0 Å². The zero-order chi connectivity index (χ0) is 65.2. The second-order valence-electron chi connectivity index (χ2n) is 25.3. The molecule has 2 fully saturated rings. The topological polar surface area (TPSA) is 228 Å². The smallest absolute Gasteiger partial charge is 0.220 e. The largest absolute Gasteiger partial charge is 0.394 e. The molecule has 14 nitrogen and oxygen atoms in total. The van der Waals surface area contributed by atoms with Gasteiger partial charge < -0.3 is 65.1 Å². The van der Waals surface area contributed by atoms with Crippen LogP contribution < -0.4 is 5.32 Å². The van der Waals surface area contributed by atoms with E-state index >= 15 is 0 Å². The first-order valence-electron chi connectivity index (χ1n) is 36.5. The number of hydrogen-bond acceptors (Lipinski definition) is 13. The molecule has 0 radical (unpaired) electrons. The van der Waals surface area contributed by atoms with Crippen molar-refractivity contribution in [3.8, 4) is 0 Å². The summed E-state index contributed by atoms with van der Waals surface area (Å²) in [4.78, 5) is 13.3. The summed E-state index contributed by atoms with van der Waals surface area (Å²) < 4.78 is 22.8. The molecule has 2 heterocycles. The van der Waals surface area contributed by atoms with Crippen LogP contribution in [0.25, 0.3) is 0 Å². The molecule has 12 atom stereocenters. The lowest BCUT2D eigenvalue weighted by Gasteiger charge is -2.46. The quantitative estimate of drug-likeness (QED) is 0.0204. The van der Waals surface area contributed by atoms with Crippen LogP contribution in [0.1, 0.15) is 284 Å². The molecule has 520 valence electrons. The minimum absolute atomic E-state index is 0.252. The monoisotopic (exact) mass is 1270 g/mol. The summed E-state index contributed by atoms with van der Waals surface area (Å²) in [5.74, 6) is -0.252. The van der Waals surface area contributed by atoms with Crippen molar-refractivity contribution in [1.29, 1.82) is 0 Å². The van der Waals surface area contributed by atoms with Gasteiger partial charge in [-0.25, -0.2) is 0 Å². The molecular weight excluding hydrogens is 1130 g/mol. The molecule has 0 spiro atoms. The fourth-order valence-corrected chi connectivity index (χ4v) is 11.5. The average Bonchev–Trinajstić information content (AvgIpc) is 1.04. The van der Waals surface area contributed by atoms with Crippen molar-refractivity contribution < 1.29 is 64.6 Å². The molecule has 0 aromatic rings. The first-order chi connectivity index (χ1) is 44.1. The highest BCUT2D eigenvalue weighted by molar-refractivity contribution is 5.76. The van der Waals surface area contributed by atoms with Crippen molar-refractivity contribution in [2.75, 3.05) is 19.8 Å². The maximum absolute atomic E-state index is 13.3. The van der Waals surface area contributed by atoms with Gasteiger partial charge in [-0.2, -0.15) is 0 Å². The Morgan fingerprint density at radius 3 is 1.22 bits per heavy atom. The number of ether oxygens (including phenoxy) is 4. The van der Waals surface area contributed by atoms with E-state index in [1.54, 1.807) is 6.08 Å². The zero-order valence-electron chi connectivity index (χ0n) is 56.6. The van der Waals surface area contributed by atoms with Crippen molar-refractivity contribution in [3.63, 3.8) is 0 Å². The van der Waals surface area contributed by atoms with Gasteiger partial charge in [0.15, 0.2) is 12.6 Å². The van der Waals surface area contributed by atoms with Crippen LogP contribution in [0.4, 0.5) is 0 Å².